The Kier molecular flexibility index (Phi) is 5.79. The van der Waals surface area contributed by atoms with Crippen LogP contribution in [0.15, 0.2) is 30.5 Å². The van der Waals surface area contributed by atoms with Crippen LogP contribution in [0.2, 0.25) is 0 Å². The standard InChI is InChI=1S/C16H16F3N3O3/c1-3-24-14-12(9-20-15(22-14)25-4-2)21-13(23)10-5-7-11(8-6-10)16(17,18)19/h5-9H,3-4H2,1-2H3,(H,21,23). The second kappa shape index (κ2) is 7.82. The molecule has 0 aliphatic rings. The number of benzene rings is 1. The number of hydrogen-bond acceptors (Lipinski definition) is 5. The molecule has 9 heteroatoms. The molecule has 0 aliphatic carbocycles. The summed E-state index contributed by atoms with van der Waals surface area (Å²) in [6.07, 6.45) is -3.15. The first-order chi connectivity index (χ1) is 11.8. The van der Waals surface area contributed by atoms with Crippen LogP contribution in [0.4, 0.5) is 18.9 Å². The molecular weight excluding hydrogens is 339 g/mol. The molecule has 0 saturated heterocycles. The van der Waals surface area contributed by atoms with Crippen molar-refractivity contribution in [2.45, 2.75) is 20.0 Å². The summed E-state index contributed by atoms with van der Waals surface area (Å²) in [6, 6.07) is 3.96. The first kappa shape index (κ1) is 18.5. The van der Waals surface area contributed by atoms with Crippen molar-refractivity contribution in [3.63, 3.8) is 0 Å². The Hall–Kier alpha value is -2.84. The maximum atomic E-state index is 12.6. The zero-order valence-electron chi connectivity index (χ0n) is 13.6. The van der Waals surface area contributed by atoms with Gasteiger partial charge in [0.2, 0.25) is 5.88 Å². The molecule has 0 fully saturated rings. The van der Waals surface area contributed by atoms with Crippen LogP contribution in [-0.2, 0) is 6.18 Å². The Morgan fingerprint density at radius 2 is 1.76 bits per heavy atom. The molecule has 2 aromatic rings. The molecule has 2 rings (SSSR count). The smallest absolute Gasteiger partial charge is 0.416 e. The number of rotatable bonds is 6. The third-order valence-corrected chi connectivity index (χ3v) is 3.01. The predicted octanol–water partition coefficient (Wildman–Crippen LogP) is 3.55. The number of nitrogens with one attached hydrogen (secondary N) is 1. The van der Waals surface area contributed by atoms with E-state index in [4.69, 9.17) is 9.47 Å². The fourth-order valence-corrected chi connectivity index (χ4v) is 1.89. The summed E-state index contributed by atoms with van der Waals surface area (Å²) in [5.41, 5.74) is -0.581. The highest BCUT2D eigenvalue weighted by Gasteiger charge is 2.30. The minimum Gasteiger partial charge on any atom is -0.476 e. The number of aromatic nitrogens is 2. The van der Waals surface area contributed by atoms with Crippen LogP contribution < -0.4 is 14.8 Å². The van der Waals surface area contributed by atoms with E-state index in [1.54, 1.807) is 13.8 Å². The quantitative estimate of drug-likeness (QED) is 0.858. The number of carbonyl (C=O) groups excluding carboxylic acids is 1. The first-order valence-electron chi connectivity index (χ1n) is 7.46. The van der Waals surface area contributed by atoms with Crippen molar-refractivity contribution >= 4 is 11.6 Å². The van der Waals surface area contributed by atoms with E-state index in [1.165, 1.54) is 6.20 Å². The molecule has 1 heterocycles. The van der Waals surface area contributed by atoms with Crippen LogP contribution in [0, 0.1) is 0 Å². The van der Waals surface area contributed by atoms with Gasteiger partial charge in [-0.25, -0.2) is 4.98 Å². The lowest BCUT2D eigenvalue weighted by molar-refractivity contribution is -0.137. The van der Waals surface area contributed by atoms with Gasteiger partial charge in [0.15, 0.2) is 0 Å². The molecular formula is C16H16F3N3O3. The molecule has 0 spiro atoms. The van der Waals surface area contributed by atoms with E-state index in [0.717, 1.165) is 24.3 Å². The van der Waals surface area contributed by atoms with Gasteiger partial charge in [0.05, 0.1) is 25.0 Å². The highest BCUT2D eigenvalue weighted by Crippen LogP contribution is 2.29. The second-order valence-electron chi connectivity index (χ2n) is 4.77. The summed E-state index contributed by atoms with van der Waals surface area (Å²) in [4.78, 5) is 20.2. The highest BCUT2D eigenvalue weighted by molar-refractivity contribution is 6.04. The summed E-state index contributed by atoms with van der Waals surface area (Å²) in [7, 11) is 0. The monoisotopic (exact) mass is 355 g/mol. The zero-order valence-corrected chi connectivity index (χ0v) is 13.6. The number of hydrogen-bond donors (Lipinski definition) is 1. The van der Waals surface area contributed by atoms with E-state index in [9.17, 15) is 18.0 Å². The molecule has 1 aromatic carbocycles. The molecule has 25 heavy (non-hydrogen) atoms. The van der Waals surface area contributed by atoms with Gasteiger partial charge in [-0.2, -0.15) is 18.2 Å². The average molecular weight is 355 g/mol. The third kappa shape index (κ3) is 4.82. The number of nitrogens with zero attached hydrogens (tertiary/aromatic N) is 2. The molecule has 0 saturated carbocycles. The van der Waals surface area contributed by atoms with Gasteiger partial charge in [0, 0.05) is 5.56 Å². The van der Waals surface area contributed by atoms with Gasteiger partial charge in [-0.15, -0.1) is 0 Å². The average Bonchev–Trinajstić information content (AvgIpc) is 2.57. The number of anilines is 1. The van der Waals surface area contributed by atoms with Crippen molar-refractivity contribution < 1.29 is 27.4 Å². The minimum absolute atomic E-state index is 0.0596. The topological polar surface area (TPSA) is 73.3 Å². The predicted molar refractivity (Wildman–Crippen MR) is 83.8 cm³/mol. The summed E-state index contributed by atoms with van der Waals surface area (Å²) in [5, 5.41) is 2.51. The third-order valence-electron chi connectivity index (χ3n) is 3.01. The van der Waals surface area contributed by atoms with Crippen LogP contribution in [0.25, 0.3) is 0 Å². The van der Waals surface area contributed by atoms with E-state index in [2.05, 4.69) is 15.3 Å². The SMILES string of the molecule is CCOc1ncc(NC(=O)c2ccc(C(F)(F)F)cc2)c(OCC)n1. The Bertz CT molecular complexity index is 734. The molecule has 0 bridgehead atoms. The van der Waals surface area contributed by atoms with Crippen LogP contribution >= 0.6 is 0 Å². The van der Waals surface area contributed by atoms with Gasteiger partial charge in [0.1, 0.15) is 5.69 Å². The van der Waals surface area contributed by atoms with Gasteiger partial charge in [-0.1, -0.05) is 0 Å². The summed E-state index contributed by atoms with van der Waals surface area (Å²) < 4.78 is 48.2. The first-order valence-corrected chi connectivity index (χ1v) is 7.46. The van der Waals surface area contributed by atoms with Crippen LogP contribution in [-0.4, -0.2) is 29.1 Å². The van der Waals surface area contributed by atoms with Gasteiger partial charge >= 0.3 is 12.2 Å². The fourth-order valence-electron chi connectivity index (χ4n) is 1.89. The fraction of sp³-hybridized carbons (Fsp3) is 0.312. The summed E-state index contributed by atoms with van der Waals surface area (Å²) in [5.74, 6) is -0.497. The van der Waals surface area contributed by atoms with E-state index >= 15 is 0 Å². The molecule has 1 amide bonds. The Labute approximate surface area is 142 Å². The maximum absolute atomic E-state index is 12.6. The van der Waals surface area contributed by atoms with Crippen LogP contribution in [0.5, 0.6) is 11.9 Å². The van der Waals surface area contributed by atoms with Crippen molar-refractivity contribution in [3.05, 3.63) is 41.6 Å². The van der Waals surface area contributed by atoms with Crippen molar-refractivity contribution in [2.75, 3.05) is 18.5 Å². The Balaban J connectivity index is 2.19. The number of ether oxygens (including phenoxy) is 2. The van der Waals surface area contributed by atoms with Gasteiger partial charge < -0.3 is 14.8 Å². The second-order valence-corrected chi connectivity index (χ2v) is 4.77. The van der Waals surface area contributed by atoms with E-state index in [1.807, 2.05) is 0 Å². The van der Waals surface area contributed by atoms with E-state index < -0.39 is 17.6 Å². The van der Waals surface area contributed by atoms with E-state index in [-0.39, 0.29) is 23.1 Å². The van der Waals surface area contributed by atoms with Crippen molar-refractivity contribution in [1.29, 1.82) is 0 Å². The molecule has 6 nitrogen and oxygen atoms in total. The van der Waals surface area contributed by atoms with E-state index in [0.29, 0.717) is 13.2 Å². The van der Waals surface area contributed by atoms with Crippen molar-refractivity contribution in [1.82, 2.24) is 9.97 Å². The lowest BCUT2D eigenvalue weighted by atomic mass is 10.1. The van der Waals surface area contributed by atoms with Gasteiger partial charge in [-0.05, 0) is 38.1 Å². The number of carbonyl (C=O) groups is 1. The molecule has 0 aliphatic heterocycles. The molecule has 0 radical (unpaired) electrons. The van der Waals surface area contributed by atoms with Crippen LogP contribution in [0.1, 0.15) is 29.8 Å². The van der Waals surface area contributed by atoms with Gasteiger partial charge in [-0.3, -0.25) is 4.79 Å². The highest BCUT2D eigenvalue weighted by atomic mass is 19.4. The van der Waals surface area contributed by atoms with Gasteiger partial charge in [0.25, 0.3) is 5.91 Å². The van der Waals surface area contributed by atoms with Crippen LogP contribution in [0.3, 0.4) is 0 Å². The molecule has 1 aromatic heterocycles. The number of halogens is 3. The normalized spacial score (nSPS) is 11.1. The Morgan fingerprint density at radius 3 is 2.32 bits per heavy atom. The minimum atomic E-state index is -4.46. The zero-order chi connectivity index (χ0) is 18.4. The maximum Gasteiger partial charge on any atom is 0.416 e. The van der Waals surface area contributed by atoms with Crippen molar-refractivity contribution in [3.8, 4) is 11.9 Å². The summed E-state index contributed by atoms with van der Waals surface area (Å²) in [6.45, 7) is 4.17. The molecule has 1 N–H and O–H groups in total. The largest absolute Gasteiger partial charge is 0.476 e. The number of alkyl halides is 3. The molecule has 0 atom stereocenters. The number of amides is 1. The van der Waals surface area contributed by atoms with Crippen molar-refractivity contribution in [2.24, 2.45) is 0 Å². The molecule has 134 valence electrons. The summed E-state index contributed by atoms with van der Waals surface area (Å²) >= 11 is 0. The lowest BCUT2D eigenvalue weighted by Crippen LogP contribution is -2.15. The molecule has 0 unspecified atom stereocenters. The lowest BCUT2D eigenvalue weighted by Gasteiger charge is -2.12. The Morgan fingerprint density at radius 1 is 1.12 bits per heavy atom.